The number of nitrogens with zero attached hydrogens (tertiary/aromatic N) is 4. The second kappa shape index (κ2) is 8.83. The van der Waals surface area contributed by atoms with E-state index < -0.39 is 6.17 Å². The summed E-state index contributed by atoms with van der Waals surface area (Å²) in [6.45, 7) is 2.91. The average molecular weight is 340 g/mol. The predicted octanol–water partition coefficient (Wildman–Crippen LogP) is 3.03. The molecule has 1 saturated heterocycles. The second-order valence-corrected chi connectivity index (χ2v) is 6.70. The van der Waals surface area contributed by atoms with Gasteiger partial charge in [0, 0.05) is 50.2 Å². The molecule has 1 aliphatic heterocycles. The number of hydrogen-bond acceptors (Lipinski definition) is 4. The van der Waals surface area contributed by atoms with E-state index in [1.54, 1.807) is 0 Å². The van der Waals surface area contributed by atoms with E-state index in [2.05, 4.69) is 51.1 Å². The van der Waals surface area contributed by atoms with Crippen molar-refractivity contribution in [1.82, 2.24) is 19.8 Å². The summed E-state index contributed by atoms with van der Waals surface area (Å²) in [5.74, 6) is 0. The van der Waals surface area contributed by atoms with Crippen molar-refractivity contribution in [3.8, 4) is 0 Å². The minimum atomic E-state index is -0.747. The lowest BCUT2D eigenvalue weighted by molar-refractivity contribution is 0.191. The van der Waals surface area contributed by atoms with Crippen LogP contribution in [0.2, 0.25) is 0 Å². The Morgan fingerprint density at radius 3 is 2.76 bits per heavy atom. The van der Waals surface area contributed by atoms with Crippen LogP contribution in [0.1, 0.15) is 17.5 Å². The van der Waals surface area contributed by atoms with Crippen molar-refractivity contribution >= 4 is 6.08 Å². The summed E-state index contributed by atoms with van der Waals surface area (Å²) in [5.41, 5.74) is 2.24. The Balaban J connectivity index is 1.52. The zero-order valence-corrected chi connectivity index (χ0v) is 14.6. The SMILES string of the molecule is CN(C/C=C/c1ccccc1)C[C@@H]1C[C@H](F)CN1Cc1cncnc1. The molecule has 2 atom stereocenters. The van der Waals surface area contributed by atoms with E-state index in [1.165, 1.54) is 11.9 Å². The van der Waals surface area contributed by atoms with E-state index in [0.29, 0.717) is 19.5 Å². The molecule has 0 amide bonds. The molecular weight excluding hydrogens is 315 g/mol. The van der Waals surface area contributed by atoms with Crippen LogP contribution in [0.4, 0.5) is 4.39 Å². The Labute approximate surface area is 149 Å². The summed E-state index contributed by atoms with van der Waals surface area (Å²) in [7, 11) is 2.09. The van der Waals surface area contributed by atoms with E-state index in [-0.39, 0.29) is 6.04 Å². The van der Waals surface area contributed by atoms with Crippen LogP contribution in [0.5, 0.6) is 0 Å². The van der Waals surface area contributed by atoms with Gasteiger partial charge in [-0.2, -0.15) is 0 Å². The van der Waals surface area contributed by atoms with Crippen LogP contribution in [-0.4, -0.2) is 58.7 Å². The van der Waals surface area contributed by atoms with Gasteiger partial charge < -0.3 is 4.90 Å². The monoisotopic (exact) mass is 340 g/mol. The van der Waals surface area contributed by atoms with Crippen molar-refractivity contribution in [1.29, 1.82) is 0 Å². The summed E-state index contributed by atoms with van der Waals surface area (Å²) in [5, 5.41) is 0. The van der Waals surface area contributed by atoms with Crippen LogP contribution < -0.4 is 0 Å². The van der Waals surface area contributed by atoms with Crippen LogP contribution >= 0.6 is 0 Å². The molecule has 2 heterocycles. The summed E-state index contributed by atoms with van der Waals surface area (Å²) in [4.78, 5) is 12.6. The van der Waals surface area contributed by atoms with E-state index in [4.69, 9.17) is 0 Å². The number of rotatable bonds is 7. The third-order valence-electron chi connectivity index (χ3n) is 4.53. The van der Waals surface area contributed by atoms with Crippen molar-refractivity contribution in [3.05, 3.63) is 66.3 Å². The van der Waals surface area contributed by atoms with Gasteiger partial charge in [0.05, 0.1) is 0 Å². The molecule has 0 unspecified atom stereocenters. The van der Waals surface area contributed by atoms with Crippen molar-refractivity contribution in [3.63, 3.8) is 0 Å². The Bertz CT molecular complexity index is 662. The molecule has 0 saturated carbocycles. The van der Waals surface area contributed by atoms with Gasteiger partial charge in [0.1, 0.15) is 12.5 Å². The maximum atomic E-state index is 13.9. The van der Waals surface area contributed by atoms with Gasteiger partial charge in [-0.05, 0) is 19.0 Å². The maximum Gasteiger partial charge on any atom is 0.115 e. The zero-order chi connectivity index (χ0) is 17.5. The first kappa shape index (κ1) is 17.7. The highest BCUT2D eigenvalue weighted by Crippen LogP contribution is 2.23. The fourth-order valence-corrected chi connectivity index (χ4v) is 3.32. The Kier molecular flexibility index (Phi) is 6.25. The highest BCUT2D eigenvalue weighted by Gasteiger charge is 2.32. The molecule has 1 fully saturated rings. The third-order valence-corrected chi connectivity index (χ3v) is 4.53. The van der Waals surface area contributed by atoms with Gasteiger partial charge in [0.2, 0.25) is 0 Å². The minimum absolute atomic E-state index is 0.227. The van der Waals surface area contributed by atoms with Crippen LogP contribution in [0, 0.1) is 0 Å². The van der Waals surface area contributed by atoms with Crippen LogP contribution in [0.15, 0.2) is 55.1 Å². The normalized spacial score (nSPS) is 21.4. The van der Waals surface area contributed by atoms with Crippen molar-refractivity contribution in [2.24, 2.45) is 0 Å². The van der Waals surface area contributed by atoms with E-state index in [9.17, 15) is 4.39 Å². The van der Waals surface area contributed by atoms with Gasteiger partial charge in [0.15, 0.2) is 0 Å². The maximum absolute atomic E-state index is 13.9. The summed E-state index contributed by atoms with van der Waals surface area (Å²) >= 11 is 0. The number of likely N-dealkylation sites (tertiary alicyclic amines) is 1. The van der Waals surface area contributed by atoms with Crippen LogP contribution in [-0.2, 0) is 6.54 Å². The third kappa shape index (κ3) is 5.44. The topological polar surface area (TPSA) is 32.3 Å². The Morgan fingerprint density at radius 2 is 2.00 bits per heavy atom. The van der Waals surface area contributed by atoms with Gasteiger partial charge in [0.25, 0.3) is 0 Å². The molecule has 1 aromatic carbocycles. The van der Waals surface area contributed by atoms with Gasteiger partial charge in [-0.15, -0.1) is 0 Å². The smallest absolute Gasteiger partial charge is 0.115 e. The summed E-state index contributed by atoms with van der Waals surface area (Å²) < 4.78 is 13.9. The number of likely N-dealkylation sites (N-methyl/N-ethyl adjacent to an activating group) is 1. The molecule has 0 aliphatic carbocycles. The first-order chi connectivity index (χ1) is 12.2. The highest BCUT2D eigenvalue weighted by atomic mass is 19.1. The largest absolute Gasteiger partial charge is 0.301 e. The molecule has 0 bridgehead atoms. The lowest BCUT2D eigenvalue weighted by Crippen LogP contribution is -2.38. The van der Waals surface area contributed by atoms with Crippen LogP contribution in [0.25, 0.3) is 6.08 Å². The highest BCUT2D eigenvalue weighted by molar-refractivity contribution is 5.48. The zero-order valence-electron chi connectivity index (χ0n) is 14.6. The first-order valence-corrected chi connectivity index (χ1v) is 8.73. The molecule has 4 nitrogen and oxygen atoms in total. The average Bonchev–Trinajstić information content (AvgIpc) is 2.95. The number of aromatic nitrogens is 2. The molecule has 5 heteroatoms. The number of halogens is 1. The van der Waals surface area contributed by atoms with Crippen molar-refractivity contribution in [2.45, 2.75) is 25.2 Å². The number of hydrogen-bond donors (Lipinski definition) is 0. The predicted molar refractivity (Wildman–Crippen MR) is 98.7 cm³/mol. The fraction of sp³-hybridized carbons (Fsp3) is 0.400. The molecule has 1 aromatic heterocycles. The molecule has 3 rings (SSSR count). The Morgan fingerprint density at radius 1 is 1.24 bits per heavy atom. The van der Waals surface area contributed by atoms with Crippen molar-refractivity contribution in [2.75, 3.05) is 26.7 Å². The molecule has 1 aliphatic rings. The molecule has 132 valence electrons. The lowest BCUT2D eigenvalue weighted by Gasteiger charge is -2.27. The number of alkyl halides is 1. The molecule has 2 aromatic rings. The number of benzene rings is 1. The van der Waals surface area contributed by atoms with Gasteiger partial charge >= 0.3 is 0 Å². The minimum Gasteiger partial charge on any atom is -0.301 e. The van der Waals surface area contributed by atoms with Gasteiger partial charge in [-0.25, -0.2) is 14.4 Å². The van der Waals surface area contributed by atoms with E-state index >= 15 is 0 Å². The quantitative estimate of drug-likeness (QED) is 0.775. The standard InChI is InChI=1S/C20H25FN4/c1-24(9-5-8-17-6-3-2-4-7-17)15-20-10-19(21)14-25(20)13-18-11-22-16-23-12-18/h2-8,11-12,16,19-20H,9-10,13-15H2,1H3/b8-5+/t19-,20-/m0/s1. The molecule has 0 spiro atoms. The lowest BCUT2D eigenvalue weighted by atomic mass is 10.2. The van der Waals surface area contributed by atoms with Crippen LogP contribution in [0.3, 0.4) is 0 Å². The summed E-state index contributed by atoms with van der Waals surface area (Å²) in [6, 6.07) is 10.5. The van der Waals surface area contributed by atoms with Gasteiger partial charge in [-0.3, -0.25) is 4.90 Å². The fourth-order valence-electron chi connectivity index (χ4n) is 3.32. The molecule has 25 heavy (non-hydrogen) atoms. The van der Waals surface area contributed by atoms with E-state index in [0.717, 1.165) is 18.7 Å². The first-order valence-electron chi connectivity index (χ1n) is 8.73. The van der Waals surface area contributed by atoms with E-state index in [1.807, 2.05) is 30.6 Å². The second-order valence-electron chi connectivity index (χ2n) is 6.70. The molecular formula is C20H25FN4. The summed E-state index contributed by atoms with van der Waals surface area (Å²) in [6.07, 6.45) is 9.28. The van der Waals surface area contributed by atoms with Gasteiger partial charge in [-0.1, -0.05) is 42.5 Å². The Hall–Kier alpha value is -2.11. The molecule has 0 radical (unpaired) electrons. The molecule has 0 N–H and O–H groups in total. The van der Waals surface area contributed by atoms with Crippen molar-refractivity contribution < 1.29 is 4.39 Å².